The van der Waals surface area contributed by atoms with Crippen LogP contribution in [0.1, 0.15) is 30.7 Å². The Morgan fingerprint density at radius 3 is 2.68 bits per heavy atom. The Kier molecular flexibility index (Phi) is 7.09. The number of rotatable bonds is 6. The molecule has 2 N–H and O–H groups in total. The lowest BCUT2D eigenvalue weighted by atomic mass is 9.99. The highest BCUT2D eigenvalue weighted by molar-refractivity contribution is 8.00. The van der Waals surface area contributed by atoms with Crippen molar-refractivity contribution in [2.45, 2.75) is 44.6 Å². The van der Waals surface area contributed by atoms with E-state index in [1.54, 1.807) is 22.1 Å². The van der Waals surface area contributed by atoms with Gasteiger partial charge in [-0.15, -0.1) is 0 Å². The first-order valence-corrected chi connectivity index (χ1v) is 12.2. The number of fused-ring (bicyclic) bond motifs is 1. The molecule has 7 nitrogen and oxygen atoms in total. The summed E-state index contributed by atoms with van der Waals surface area (Å²) < 4.78 is 5.52. The van der Waals surface area contributed by atoms with Gasteiger partial charge in [0.25, 0.3) is 5.91 Å². The van der Waals surface area contributed by atoms with Gasteiger partial charge in [-0.3, -0.25) is 19.8 Å². The van der Waals surface area contributed by atoms with Crippen LogP contribution in [0.4, 0.5) is 0 Å². The van der Waals surface area contributed by atoms with Gasteiger partial charge in [-0.05, 0) is 50.6 Å². The Morgan fingerprint density at radius 2 is 1.94 bits per heavy atom. The van der Waals surface area contributed by atoms with E-state index in [0.29, 0.717) is 18.9 Å². The van der Waals surface area contributed by atoms with E-state index >= 15 is 0 Å². The van der Waals surface area contributed by atoms with Gasteiger partial charge in [0.05, 0.1) is 11.9 Å². The molecule has 0 saturated carbocycles. The molecule has 1 aromatic heterocycles. The zero-order valence-corrected chi connectivity index (χ0v) is 20.4. The number of nitrogens with one attached hydrogen (secondary N) is 1. The lowest BCUT2D eigenvalue weighted by Gasteiger charge is -2.44. The van der Waals surface area contributed by atoms with Crippen molar-refractivity contribution in [3.8, 4) is 5.75 Å². The predicted octanol–water partition coefficient (Wildman–Crippen LogP) is 3.89. The zero-order valence-electron chi connectivity index (χ0n) is 19.6. The minimum absolute atomic E-state index is 0.144. The van der Waals surface area contributed by atoms with Crippen LogP contribution in [0, 0.1) is 6.92 Å². The number of carbonyl (C=O) groups is 2. The fourth-order valence-electron chi connectivity index (χ4n) is 4.43. The minimum atomic E-state index is -0.731. The second-order valence-corrected chi connectivity index (χ2v) is 10.7. The van der Waals surface area contributed by atoms with Crippen LogP contribution in [0.5, 0.6) is 5.75 Å². The van der Waals surface area contributed by atoms with E-state index in [4.69, 9.17) is 4.74 Å². The molecule has 0 bridgehead atoms. The summed E-state index contributed by atoms with van der Waals surface area (Å²) in [4.78, 5) is 31.5. The monoisotopic (exact) mass is 479 g/mol. The molecule has 8 heteroatoms. The summed E-state index contributed by atoms with van der Waals surface area (Å²) in [5, 5.41) is 10.3. The summed E-state index contributed by atoms with van der Waals surface area (Å²) in [7, 11) is 0. The highest BCUT2D eigenvalue weighted by atomic mass is 32.2. The second-order valence-electron chi connectivity index (χ2n) is 8.97. The summed E-state index contributed by atoms with van der Waals surface area (Å²) in [6, 6.07) is 16.8. The highest BCUT2D eigenvalue weighted by Gasteiger charge is 2.44. The first kappa shape index (κ1) is 24.0. The van der Waals surface area contributed by atoms with Gasteiger partial charge in [-0.2, -0.15) is 11.8 Å². The molecule has 1 atom stereocenters. The molecule has 3 aromatic rings. The van der Waals surface area contributed by atoms with E-state index < -0.39 is 16.7 Å². The van der Waals surface area contributed by atoms with Gasteiger partial charge in [0, 0.05) is 33.7 Å². The second kappa shape index (κ2) is 10.0. The standard InChI is InChI=1S/C26H29N3O4S/c1-17-14-19(21-6-4-5-7-22(21)27-17)16-33-20-10-8-18(9-11-20)15-23(30)29-12-13-34-26(2,3)24(29)25(31)28-32/h4-11,14,24,32H,12-13,15-16H2,1-3H3,(H,28,31). The van der Waals surface area contributed by atoms with Gasteiger partial charge in [0.1, 0.15) is 18.4 Å². The number of aryl methyl sites for hydroxylation is 1. The molecule has 178 valence electrons. The first-order chi connectivity index (χ1) is 16.3. The molecular weight excluding hydrogens is 450 g/mol. The number of hydrogen-bond acceptors (Lipinski definition) is 6. The van der Waals surface area contributed by atoms with Crippen LogP contribution in [-0.2, 0) is 22.6 Å². The molecule has 1 saturated heterocycles. The quantitative estimate of drug-likeness (QED) is 0.412. The van der Waals surface area contributed by atoms with Crippen LogP contribution in [-0.4, -0.2) is 50.0 Å². The fourth-order valence-corrected chi connectivity index (χ4v) is 5.64. The number of benzene rings is 2. The normalized spacial score (nSPS) is 17.4. The number of hydrogen-bond donors (Lipinski definition) is 2. The number of pyridine rings is 1. The summed E-state index contributed by atoms with van der Waals surface area (Å²) in [5.41, 5.74) is 5.52. The number of thioether (sulfide) groups is 1. The third kappa shape index (κ3) is 5.18. The predicted molar refractivity (Wildman–Crippen MR) is 133 cm³/mol. The number of para-hydroxylation sites is 1. The Bertz CT molecular complexity index is 1200. The first-order valence-electron chi connectivity index (χ1n) is 11.2. The van der Waals surface area contributed by atoms with Crippen molar-refractivity contribution in [3.63, 3.8) is 0 Å². The van der Waals surface area contributed by atoms with Crippen LogP contribution in [0.3, 0.4) is 0 Å². The molecular formula is C26H29N3O4S. The lowest BCUT2D eigenvalue weighted by Crippen LogP contribution is -2.61. The number of nitrogens with zero attached hydrogens (tertiary/aromatic N) is 2. The van der Waals surface area contributed by atoms with E-state index in [1.807, 2.05) is 75.4 Å². The Balaban J connectivity index is 1.42. The van der Waals surface area contributed by atoms with Gasteiger partial charge in [-0.25, -0.2) is 5.48 Å². The average Bonchev–Trinajstić information content (AvgIpc) is 2.82. The number of hydroxylamine groups is 1. The third-order valence-electron chi connectivity index (χ3n) is 6.06. The van der Waals surface area contributed by atoms with Crippen LogP contribution in [0.15, 0.2) is 54.6 Å². The summed E-state index contributed by atoms with van der Waals surface area (Å²) in [6.45, 7) is 6.68. The fraction of sp³-hybridized carbons (Fsp3) is 0.346. The van der Waals surface area contributed by atoms with Crippen molar-refractivity contribution in [3.05, 3.63) is 71.4 Å². The minimum Gasteiger partial charge on any atom is -0.489 e. The van der Waals surface area contributed by atoms with Crippen LogP contribution < -0.4 is 10.2 Å². The van der Waals surface area contributed by atoms with E-state index in [0.717, 1.165) is 33.5 Å². The molecule has 0 spiro atoms. The maximum Gasteiger partial charge on any atom is 0.267 e. The number of carbonyl (C=O) groups excluding carboxylic acids is 2. The molecule has 2 heterocycles. The summed E-state index contributed by atoms with van der Waals surface area (Å²) in [5.74, 6) is 0.745. The topological polar surface area (TPSA) is 91.8 Å². The van der Waals surface area contributed by atoms with Crippen molar-refractivity contribution in [2.24, 2.45) is 0 Å². The van der Waals surface area contributed by atoms with E-state index in [1.165, 1.54) is 0 Å². The van der Waals surface area contributed by atoms with Crippen LogP contribution in [0.25, 0.3) is 10.9 Å². The Hall–Kier alpha value is -3.10. The third-order valence-corrected chi connectivity index (χ3v) is 7.41. The van der Waals surface area contributed by atoms with Crippen molar-refractivity contribution < 1.29 is 19.5 Å². The number of ether oxygens (including phenoxy) is 1. The molecule has 0 aliphatic carbocycles. The van der Waals surface area contributed by atoms with E-state index in [-0.39, 0.29) is 12.3 Å². The maximum absolute atomic E-state index is 13.1. The molecule has 1 unspecified atom stereocenters. The largest absolute Gasteiger partial charge is 0.489 e. The summed E-state index contributed by atoms with van der Waals surface area (Å²) >= 11 is 1.62. The van der Waals surface area contributed by atoms with E-state index in [9.17, 15) is 14.8 Å². The van der Waals surface area contributed by atoms with Crippen molar-refractivity contribution in [1.82, 2.24) is 15.4 Å². The molecule has 4 rings (SSSR count). The Morgan fingerprint density at radius 1 is 1.21 bits per heavy atom. The molecule has 34 heavy (non-hydrogen) atoms. The molecule has 1 aliphatic heterocycles. The average molecular weight is 480 g/mol. The molecule has 2 aromatic carbocycles. The molecule has 0 radical (unpaired) electrons. The zero-order chi connectivity index (χ0) is 24.3. The summed E-state index contributed by atoms with van der Waals surface area (Å²) in [6.07, 6.45) is 0.171. The van der Waals surface area contributed by atoms with Crippen LogP contribution in [0.2, 0.25) is 0 Å². The molecule has 1 fully saturated rings. The van der Waals surface area contributed by atoms with Crippen molar-refractivity contribution in [2.75, 3.05) is 12.3 Å². The van der Waals surface area contributed by atoms with E-state index in [2.05, 4.69) is 4.98 Å². The smallest absolute Gasteiger partial charge is 0.267 e. The van der Waals surface area contributed by atoms with Gasteiger partial charge in [0.15, 0.2) is 0 Å². The van der Waals surface area contributed by atoms with Gasteiger partial charge in [0.2, 0.25) is 5.91 Å². The highest BCUT2D eigenvalue weighted by Crippen LogP contribution is 2.36. The molecule has 1 aliphatic rings. The van der Waals surface area contributed by atoms with Crippen molar-refractivity contribution in [1.29, 1.82) is 0 Å². The van der Waals surface area contributed by atoms with Crippen LogP contribution >= 0.6 is 11.8 Å². The number of aromatic nitrogens is 1. The Labute approximate surface area is 203 Å². The lowest BCUT2D eigenvalue weighted by molar-refractivity contribution is -0.145. The van der Waals surface area contributed by atoms with Gasteiger partial charge in [-0.1, -0.05) is 30.3 Å². The van der Waals surface area contributed by atoms with Gasteiger partial charge >= 0.3 is 0 Å². The maximum atomic E-state index is 13.1. The van der Waals surface area contributed by atoms with Gasteiger partial charge < -0.3 is 9.64 Å². The number of amides is 2. The molecule has 2 amide bonds. The SMILES string of the molecule is Cc1cc(COc2ccc(CC(=O)N3CCSC(C)(C)C3C(=O)NO)cc2)c2ccccc2n1. The van der Waals surface area contributed by atoms with Crippen molar-refractivity contribution >= 4 is 34.5 Å².